The molecule has 2 N–H and O–H groups in total. The van der Waals surface area contributed by atoms with Crippen LogP contribution in [0.4, 0.5) is 15.9 Å². The number of nitrogens with zero attached hydrogens (tertiary/aromatic N) is 5. The highest BCUT2D eigenvalue weighted by Gasteiger charge is 2.27. The highest BCUT2D eigenvalue weighted by atomic mass is 35.5. The summed E-state index contributed by atoms with van der Waals surface area (Å²) in [6.07, 6.45) is -0.382. The number of nitrogens with one attached hydrogen (secondary N) is 1. The number of hydrogen-bond donors (Lipinski definition) is 2. The zero-order chi connectivity index (χ0) is 31.3. The van der Waals surface area contributed by atoms with E-state index in [1.807, 2.05) is 7.05 Å². The van der Waals surface area contributed by atoms with Gasteiger partial charge in [0.15, 0.2) is 17.3 Å². The van der Waals surface area contributed by atoms with Gasteiger partial charge < -0.3 is 34.4 Å². The maximum absolute atomic E-state index is 14.2. The predicted octanol–water partition coefficient (Wildman–Crippen LogP) is 3.16. The molecule has 1 aliphatic heterocycles. The number of halogens is 3. The SMILES string of the molecule is CB(O)N(BC=O)c1nnc(C(=O)Nc2ccc(C(=O)N3CCN(C)CC3)cc2)cc1OC(C)c1c(Cl)ccc(F)c1Cl. The number of hydrogen-bond acceptors (Lipinski definition) is 9. The second kappa shape index (κ2) is 14.2. The lowest BCUT2D eigenvalue weighted by atomic mass is 9.73. The molecule has 1 unspecified atom stereocenters. The summed E-state index contributed by atoms with van der Waals surface area (Å²) in [5.74, 6) is -1.51. The minimum absolute atomic E-state index is 0.0408. The zero-order valence-corrected chi connectivity index (χ0v) is 25.3. The Labute approximate surface area is 259 Å². The van der Waals surface area contributed by atoms with Crippen molar-refractivity contribution in [1.82, 2.24) is 20.0 Å². The molecule has 1 aliphatic rings. The number of amides is 2. The molecular formula is C27H29B2Cl2FN6O5. The molecule has 0 bridgehead atoms. The number of likely N-dealkylation sites (N-methyl/N-ethyl adjacent to an activating group) is 1. The number of anilines is 2. The highest BCUT2D eigenvalue weighted by Crippen LogP contribution is 2.37. The van der Waals surface area contributed by atoms with E-state index in [0.717, 1.165) is 19.2 Å². The number of carbonyl (C=O) groups is 3. The summed E-state index contributed by atoms with van der Waals surface area (Å²) >= 11 is 12.4. The Kier molecular flexibility index (Phi) is 10.6. The monoisotopic (exact) mass is 628 g/mol. The van der Waals surface area contributed by atoms with Crippen LogP contribution in [-0.2, 0) is 4.79 Å². The van der Waals surface area contributed by atoms with Crippen LogP contribution < -0.4 is 14.8 Å². The Morgan fingerprint density at radius 3 is 2.47 bits per heavy atom. The maximum Gasteiger partial charge on any atom is 0.397 e. The van der Waals surface area contributed by atoms with Gasteiger partial charge in [-0.3, -0.25) is 9.59 Å². The average Bonchev–Trinajstić information content (AvgIpc) is 2.98. The lowest BCUT2D eigenvalue weighted by Crippen LogP contribution is -2.47. The topological polar surface area (TPSA) is 128 Å². The van der Waals surface area contributed by atoms with Crippen LogP contribution in [0.5, 0.6) is 5.75 Å². The molecule has 2 aromatic carbocycles. The largest absolute Gasteiger partial charge is 0.482 e. The molecule has 1 saturated heterocycles. The lowest BCUT2D eigenvalue weighted by molar-refractivity contribution is 0.0664. The summed E-state index contributed by atoms with van der Waals surface area (Å²) in [5.41, 5.74) is 0.907. The quantitative estimate of drug-likeness (QED) is 0.198. The summed E-state index contributed by atoms with van der Waals surface area (Å²) in [6.45, 7) is 5.86. The molecule has 224 valence electrons. The van der Waals surface area contributed by atoms with Crippen LogP contribution in [0.2, 0.25) is 16.9 Å². The Morgan fingerprint density at radius 2 is 1.84 bits per heavy atom. The van der Waals surface area contributed by atoms with Crippen LogP contribution in [0.3, 0.4) is 0 Å². The number of carbonyl (C=O) groups excluding carboxylic acids is 3. The Bertz CT molecular complexity index is 1500. The van der Waals surface area contributed by atoms with Gasteiger partial charge in [-0.2, -0.15) is 0 Å². The molecule has 1 aromatic heterocycles. The fourth-order valence-electron chi connectivity index (χ4n) is 4.51. The van der Waals surface area contributed by atoms with Crippen molar-refractivity contribution in [3.8, 4) is 5.75 Å². The standard InChI is InChI=1S/C27H29B2Cl2FN6O5/c1-16(23-19(30)8-9-20(32)24(23)31)43-22-14-21(34-35-25(22)38(28-15-39)29(2)42)26(40)33-18-6-4-17(5-7-18)27(41)37-12-10-36(3)11-13-37/h4-9,14-16,28,42H,10-13H2,1-3H3,(H,33,40). The van der Waals surface area contributed by atoms with Crippen LogP contribution in [0.15, 0.2) is 42.5 Å². The van der Waals surface area contributed by atoms with Crippen molar-refractivity contribution in [2.75, 3.05) is 43.3 Å². The molecule has 0 aliphatic carbocycles. The van der Waals surface area contributed by atoms with Crippen molar-refractivity contribution >= 4 is 67.2 Å². The van der Waals surface area contributed by atoms with Gasteiger partial charge in [-0.05, 0) is 57.2 Å². The van der Waals surface area contributed by atoms with Gasteiger partial charge in [0.1, 0.15) is 18.1 Å². The van der Waals surface area contributed by atoms with E-state index >= 15 is 0 Å². The summed E-state index contributed by atoms with van der Waals surface area (Å²) in [6, 6.07) is 10.2. The molecule has 43 heavy (non-hydrogen) atoms. The highest BCUT2D eigenvalue weighted by molar-refractivity contribution is 6.82. The molecule has 1 fully saturated rings. The molecule has 0 saturated carbocycles. The Morgan fingerprint density at radius 1 is 1.16 bits per heavy atom. The first kappa shape index (κ1) is 32.2. The van der Waals surface area contributed by atoms with E-state index in [1.165, 1.54) is 23.7 Å². The molecule has 0 radical (unpaired) electrons. The van der Waals surface area contributed by atoms with Gasteiger partial charge >= 0.3 is 14.5 Å². The Balaban J connectivity index is 1.58. The van der Waals surface area contributed by atoms with E-state index in [4.69, 9.17) is 27.9 Å². The second-order valence-corrected chi connectivity index (χ2v) is 10.8. The van der Waals surface area contributed by atoms with Crippen LogP contribution in [0, 0.1) is 5.82 Å². The van der Waals surface area contributed by atoms with Crippen molar-refractivity contribution in [2.24, 2.45) is 0 Å². The maximum atomic E-state index is 14.2. The third-order valence-corrected chi connectivity index (χ3v) is 7.65. The van der Waals surface area contributed by atoms with Crippen molar-refractivity contribution in [3.63, 3.8) is 0 Å². The molecule has 3 aromatic rings. The first-order chi connectivity index (χ1) is 20.5. The van der Waals surface area contributed by atoms with E-state index in [0.29, 0.717) is 30.5 Å². The van der Waals surface area contributed by atoms with E-state index in [-0.39, 0.29) is 46.2 Å². The van der Waals surface area contributed by atoms with Gasteiger partial charge in [0.2, 0.25) is 0 Å². The second-order valence-electron chi connectivity index (χ2n) is 10.0. The molecule has 0 spiro atoms. The molecule has 2 amide bonds. The molecular weight excluding hydrogens is 600 g/mol. The van der Waals surface area contributed by atoms with Crippen LogP contribution in [-0.4, -0.2) is 90.7 Å². The van der Waals surface area contributed by atoms with Crippen molar-refractivity contribution in [2.45, 2.75) is 19.9 Å². The van der Waals surface area contributed by atoms with E-state index in [2.05, 4.69) is 20.4 Å². The predicted molar refractivity (Wildman–Crippen MR) is 166 cm³/mol. The molecule has 4 rings (SSSR count). The third-order valence-electron chi connectivity index (χ3n) is 6.94. The normalized spacial score (nSPS) is 14.1. The summed E-state index contributed by atoms with van der Waals surface area (Å²) in [4.78, 5) is 41.3. The number of aromatic nitrogens is 2. The molecule has 1 atom stereocenters. The van der Waals surface area contributed by atoms with Crippen LogP contribution >= 0.6 is 23.2 Å². The van der Waals surface area contributed by atoms with Crippen LogP contribution in [0.1, 0.15) is 39.4 Å². The molecule has 11 nitrogen and oxygen atoms in total. The summed E-state index contributed by atoms with van der Waals surface area (Å²) < 4.78 is 21.4. The van der Waals surface area contributed by atoms with Crippen molar-refractivity contribution < 1.29 is 28.5 Å². The van der Waals surface area contributed by atoms with Crippen LogP contribution in [0.25, 0.3) is 0 Å². The number of ether oxygens (including phenoxy) is 1. The van der Waals surface area contributed by atoms with Crippen molar-refractivity contribution in [3.05, 3.63) is 75.1 Å². The average molecular weight is 629 g/mol. The minimum Gasteiger partial charge on any atom is -0.482 e. The van der Waals surface area contributed by atoms with Crippen molar-refractivity contribution in [1.29, 1.82) is 0 Å². The first-order valence-electron chi connectivity index (χ1n) is 13.5. The molecule has 16 heteroatoms. The van der Waals surface area contributed by atoms with Gasteiger partial charge in [0.05, 0.1) is 5.02 Å². The fourth-order valence-corrected chi connectivity index (χ4v) is 5.19. The van der Waals surface area contributed by atoms with Gasteiger partial charge in [0, 0.05) is 54.1 Å². The molecule has 2 heterocycles. The summed E-state index contributed by atoms with van der Waals surface area (Å²) in [5, 5.41) is 20.9. The number of piperazine rings is 1. The number of rotatable bonds is 10. The van der Waals surface area contributed by atoms with Gasteiger partial charge in [0.25, 0.3) is 11.8 Å². The Hall–Kier alpha value is -3.71. The minimum atomic E-state index is -1.18. The van der Waals surface area contributed by atoms with Gasteiger partial charge in [-0.15, -0.1) is 10.2 Å². The summed E-state index contributed by atoms with van der Waals surface area (Å²) in [7, 11) is 0.574. The lowest BCUT2D eigenvalue weighted by Gasteiger charge is -2.32. The van der Waals surface area contributed by atoms with E-state index in [9.17, 15) is 23.8 Å². The third kappa shape index (κ3) is 7.63. The smallest absolute Gasteiger partial charge is 0.397 e. The fraction of sp³-hybridized carbons (Fsp3) is 0.296. The first-order valence-corrected chi connectivity index (χ1v) is 14.2. The van der Waals surface area contributed by atoms with Gasteiger partial charge in [-0.25, -0.2) is 4.39 Å². The number of benzene rings is 2. The van der Waals surface area contributed by atoms with E-state index in [1.54, 1.807) is 36.1 Å². The zero-order valence-electron chi connectivity index (χ0n) is 23.8. The van der Waals surface area contributed by atoms with E-state index < -0.39 is 24.9 Å². The van der Waals surface area contributed by atoms with Gasteiger partial charge in [-0.1, -0.05) is 23.2 Å².